The molecule has 1 fully saturated rings. The zero-order chi connectivity index (χ0) is 23.8. The average molecular weight is 488 g/mol. The van der Waals surface area contributed by atoms with E-state index in [0.717, 1.165) is 34.5 Å². The van der Waals surface area contributed by atoms with E-state index in [0.29, 0.717) is 12.1 Å². The number of rotatable bonds is 5. The van der Waals surface area contributed by atoms with Gasteiger partial charge in [-0.3, -0.25) is 4.79 Å². The van der Waals surface area contributed by atoms with E-state index in [9.17, 15) is 13.2 Å². The molecule has 2 heterocycles. The molecule has 0 saturated carbocycles. The molecular formula is C24H29N3O4S2. The third kappa shape index (κ3) is 5.05. The van der Waals surface area contributed by atoms with E-state index < -0.39 is 15.6 Å². The summed E-state index contributed by atoms with van der Waals surface area (Å²) in [5.74, 6) is -0.00140. The smallest absolute Gasteiger partial charge is 0.254 e. The molecule has 0 bridgehead atoms. The fraction of sp³-hybridized carbons (Fsp3) is 0.417. The van der Waals surface area contributed by atoms with Gasteiger partial charge in [-0.25, -0.2) is 18.1 Å². The number of likely N-dealkylation sites (tertiary alicyclic amines) is 1. The van der Waals surface area contributed by atoms with Crippen molar-refractivity contribution >= 4 is 37.5 Å². The first kappa shape index (κ1) is 23.7. The lowest BCUT2D eigenvalue weighted by molar-refractivity contribution is 0.0611. The van der Waals surface area contributed by atoms with Crippen LogP contribution in [0.4, 0.5) is 0 Å². The maximum Gasteiger partial charge on any atom is 0.254 e. The summed E-state index contributed by atoms with van der Waals surface area (Å²) in [5, 5.41) is 0.917. The molecule has 0 aliphatic carbocycles. The van der Waals surface area contributed by atoms with Crippen LogP contribution >= 0.6 is 11.3 Å². The minimum Gasteiger partial charge on any atom is -0.495 e. The average Bonchev–Trinajstić information content (AvgIpc) is 3.21. The Morgan fingerprint density at radius 3 is 2.64 bits per heavy atom. The van der Waals surface area contributed by atoms with Crippen LogP contribution in [0.25, 0.3) is 10.2 Å². The Morgan fingerprint density at radius 1 is 1.18 bits per heavy atom. The Morgan fingerprint density at radius 2 is 1.94 bits per heavy atom. The van der Waals surface area contributed by atoms with Gasteiger partial charge >= 0.3 is 0 Å². The predicted octanol–water partition coefficient (Wildman–Crippen LogP) is 4.75. The summed E-state index contributed by atoms with van der Waals surface area (Å²) < 4.78 is 35.1. The highest BCUT2D eigenvalue weighted by Crippen LogP contribution is 2.37. The summed E-state index contributed by atoms with van der Waals surface area (Å²) in [4.78, 5) is 20.2. The number of amides is 1. The summed E-state index contributed by atoms with van der Waals surface area (Å²) in [6.45, 7) is 5.90. The fourth-order valence-electron chi connectivity index (χ4n) is 4.11. The van der Waals surface area contributed by atoms with Crippen LogP contribution in [0.1, 0.15) is 61.4 Å². The molecular weight excluding hydrogens is 458 g/mol. The van der Waals surface area contributed by atoms with Crippen molar-refractivity contribution in [3.05, 3.63) is 53.0 Å². The normalized spacial score (nSPS) is 17.3. The number of sulfonamides is 1. The highest BCUT2D eigenvalue weighted by molar-refractivity contribution is 7.89. The lowest BCUT2D eigenvalue weighted by Gasteiger charge is -2.34. The third-order valence-corrected chi connectivity index (χ3v) is 8.42. The number of para-hydroxylation sites is 1. The van der Waals surface area contributed by atoms with Gasteiger partial charge in [0.15, 0.2) is 0 Å². The number of thiazole rings is 1. The van der Waals surface area contributed by atoms with Crippen LogP contribution in [0.2, 0.25) is 0 Å². The topological polar surface area (TPSA) is 88.6 Å². The highest BCUT2D eigenvalue weighted by Gasteiger charge is 2.32. The van der Waals surface area contributed by atoms with Crippen LogP contribution in [0.15, 0.2) is 47.4 Å². The standard InChI is InChI=1S/C24H29N3O4S2/c1-24(2,3)26-33(29,30)21-15-16(12-13-19(21)31-4)23(28)27-14-8-7-10-18(27)22-25-17-9-5-6-11-20(17)32-22/h5-6,9,11-13,15,18,26H,7-8,10,14H2,1-4H3. The first-order valence-corrected chi connectivity index (χ1v) is 13.3. The zero-order valence-electron chi connectivity index (χ0n) is 19.3. The molecule has 1 saturated heterocycles. The van der Waals surface area contributed by atoms with E-state index in [1.807, 2.05) is 29.2 Å². The Hall–Kier alpha value is -2.49. The number of nitrogens with zero attached hydrogens (tertiary/aromatic N) is 2. The summed E-state index contributed by atoms with van der Waals surface area (Å²) in [5.41, 5.74) is 0.578. The predicted molar refractivity (Wildman–Crippen MR) is 130 cm³/mol. The number of fused-ring (bicyclic) bond motifs is 1. The van der Waals surface area contributed by atoms with E-state index in [1.54, 1.807) is 44.2 Å². The molecule has 33 heavy (non-hydrogen) atoms. The Bertz CT molecular complexity index is 1250. The number of carbonyl (C=O) groups is 1. The molecule has 1 aromatic heterocycles. The van der Waals surface area contributed by atoms with E-state index in [4.69, 9.17) is 9.72 Å². The van der Waals surface area contributed by atoms with Crippen LogP contribution in [0.3, 0.4) is 0 Å². The van der Waals surface area contributed by atoms with Gasteiger partial charge in [0.05, 0.1) is 23.4 Å². The molecule has 1 unspecified atom stereocenters. The maximum atomic E-state index is 13.6. The molecule has 1 aliphatic rings. The molecule has 2 aromatic carbocycles. The Balaban J connectivity index is 1.70. The number of ether oxygens (including phenoxy) is 1. The van der Waals surface area contributed by atoms with Crippen LogP contribution in [-0.4, -0.2) is 43.4 Å². The summed E-state index contributed by atoms with van der Waals surface area (Å²) in [6.07, 6.45) is 2.75. The van der Waals surface area contributed by atoms with Crippen LogP contribution < -0.4 is 9.46 Å². The molecule has 7 nitrogen and oxygen atoms in total. The minimum absolute atomic E-state index is 0.0423. The molecule has 1 N–H and O–H groups in total. The molecule has 0 spiro atoms. The van der Waals surface area contributed by atoms with Gasteiger partial charge in [0.1, 0.15) is 15.7 Å². The van der Waals surface area contributed by atoms with Crippen molar-refractivity contribution in [3.8, 4) is 5.75 Å². The second kappa shape index (κ2) is 9.04. The van der Waals surface area contributed by atoms with Crippen LogP contribution in [0, 0.1) is 0 Å². The largest absolute Gasteiger partial charge is 0.495 e. The molecule has 1 atom stereocenters. The van der Waals surface area contributed by atoms with Crippen molar-refractivity contribution in [3.63, 3.8) is 0 Å². The van der Waals surface area contributed by atoms with Gasteiger partial charge in [-0.05, 0) is 70.4 Å². The number of methoxy groups -OCH3 is 1. The third-order valence-electron chi connectivity index (χ3n) is 5.50. The molecule has 4 rings (SSSR count). The lowest BCUT2D eigenvalue weighted by Crippen LogP contribution is -2.41. The molecule has 3 aromatic rings. The first-order valence-electron chi connectivity index (χ1n) is 11.0. The number of benzene rings is 2. The lowest BCUT2D eigenvalue weighted by atomic mass is 10.0. The quantitative estimate of drug-likeness (QED) is 0.561. The number of aromatic nitrogens is 1. The van der Waals surface area contributed by atoms with Gasteiger partial charge in [-0.1, -0.05) is 12.1 Å². The van der Waals surface area contributed by atoms with E-state index in [2.05, 4.69) is 4.72 Å². The fourth-order valence-corrected chi connectivity index (χ4v) is 6.84. The van der Waals surface area contributed by atoms with Crippen molar-refractivity contribution in [1.82, 2.24) is 14.6 Å². The SMILES string of the molecule is COc1ccc(C(=O)N2CCCCC2c2nc3ccccc3s2)cc1S(=O)(=O)NC(C)(C)C. The number of carbonyl (C=O) groups excluding carboxylic acids is 1. The second-order valence-electron chi connectivity index (χ2n) is 9.25. The molecule has 1 amide bonds. The highest BCUT2D eigenvalue weighted by atomic mass is 32.2. The summed E-state index contributed by atoms with van der Waals surface area (Å²) in [7, 11) is -2.47. The van der Waals surface area contributed by atoms with Gasteiger partial charge < -0.3 is 9.64 Å². The van der Waals surface area contributed by atoms with Crippen LogP contribution in [0.5, 0.6) is 5.75 Å². The molecule has 9 heteroatoms. The van der Waals surface area contributed by atoms with Crippen LogP contribution in [-0.2, 0) is 10.0 Å². The molecule has 176 valence electrons. The number of piperidine rings is 1. The summed E-state index contributed by atoms with van der Waals surface area (Å²) in [6, 6.07) is 12.4. The molecule has 1 aliphatic heterocycles. The number of hydrogen-bond acceptors (Lipinski definition) is 6. The minimum atomic E-state index is -3.89. The monoisotopic (exact) mass is 487 g/mol. The molecule has 0 radical (unpaired) electrons. The van der Waals surface area contributed by atoms with Gasteiger partial charge in [0.2, 0.25) is 10.0 Å². The van der Waals surface area contributed by atoms with Gasteiger partial charge in [-0.15, -0.1) is 11.3 Å². The summed E-state index contributed by atoms with van der Waals surface area (Å²) >= 11 is 1.61. The van der Waals surface area contributed by atoms with Crippen molar-refractivity contribution < 1.29 is 17.9 Å². The first-order chi connectivity index (χ1) is 15.6. The Labute approximate surface area is 198 Å². The van der Waals surface area contributed by atoms with E-state index >= 15 is 0 Å². The van der Waals surface area contributed by atoms with Gasteiger partial charge in [-0.2, -0.15) is 0 Å². The number of nitrogens with one attached hydrogen (secondary N) is 1. The van der Waals surface area contributed by atoms with Crippen molar-refractivity contribution in [1.29, 1.82) is 0 Å². The number of hydrogen-bond donors (Lipinski definition) is 1. The van der Waals surface area contributed by atoms with Crippen molar-refractivity contribution in [2.24, 2.45) is 0 Å². The van der Waals surface area contributed by atoms with Gasteiger partial charge in [0, 0.05) is 17.6 Å². The zero-order valence-corrected chi connectivity index (χ0v) is 20.9. The second-order valence-corrected chi connectivity index (χ2v) is 12.0. The van der Waals surface area contributed by atoms with E-state index in [-0.39, 0.29) is 22.6 Å². The Kier molecular flexibility index (Phi) is 6.48. The van der Waals surface area contributed by atoms with Crippen molar-refractivity contribution in [2.45, 2.75) is 56.5 Å². The maximum absolute atomic E-state index is 13.6. The van der Waals surface area contributed by atoms with E-state index in [1.165, 1.54) is 13.2 Å². The van der Waals surface area contributed by atoms with Gasteiger partial charge in [0.25, 0.3) is 5.91 Å². The van der Waals surface area contributed by atoms with Crippen molar-refractivity contribution in [2.75, 3.05) is 13.7 Å².